The molecule has 0 aliphatic carbocycles. The molecule has 0 fully saturated rings. The van der Waals surface area contributed by atoms with Crippen molar-refractivity contribution in [2.45, 2.75) is 52.1 Å². The average Bonchev–Trinajstić information content (AvgIpc) is 2.37. The van der Waals surface area contributed by atoms with E-state index in [1.54, 1.807) is 0 Å². The summed E-state index contributed by atoms with van der Waals surface area (Å²) < 4.78 is 6.38. The maximum absolute atomic E-state index is 6.38. The third-order valence-electron chi connectivity index (χ3n) is 3.33. The van der Waals surface area contributed by atoms with E-state index < -0.39 is 8.32 Å². The SMILES string of the molecule is CCCO[Si](CCC)(CCC)c1ccc(N)cc1. The van der Waals surface area contributed by atoms with E-state index in [-0.39, 0.29) is 0 Å². The maximum atomic E-state index is 6.38. The summed E-state index contributed by atoms with van der Waals surface area (Å²) in [4.78, 5) is 0. The Morgan fingerprint density at radius 1 is 0.944 bits per heavy atom. The normalized spacial score (nSPS) is 11.7. The second kappa shape index (κ2) is 7.59. The number of nitrogen functional groups attached to an aromatic ring is 1. The Kier molecular flexibility index (Phi) is 6.43. The van der Waals surface area contributed by atoms with E-state index in [0.29, 0.717) is 0 Å². The van der Waals surface area contributed by atoms with Crippen molar-refractivity contribution in [2.24, 2.45) is 0 Å². The Hall–Kier alpha value is -0.803. The molecule has 2 N–H and O–H groups in total. The molecule has 0 saturated heterocycles. The summed E-state index contributed by atoms with van der Waals surface area (Å²) >= 11 is 0. The van der Waals surface area contributed by atoms with E-state index in [1.807, 2.05) is 12.1 Å². The first-order valence-electron chi connectivity index (χ1n) is 7.18. The van der Waals surface area contributed by atoms with Gasteiger partial charge in [0.05, 0.1) is 0 Å². The lowest BCUT2D eigenvalue weighted by atomic mass is 10.3. The van der Waals surface area contributed by atoms with Gasteiger partial charge in [-0.15, -0.1) is 0 Å². The minimum atomic E-state index is -1.77. The van der Waals surface area contributed by atoms with Crippen molar-refractivity contribution >= 4 is 19.2 Å². The number of benzene rings is 1. The van der Waals surface area contributed by atoms with Crippen LogP contribution in [0, 0.1) is 0 Å². The van der Waals surface area contributed by atoms with Crippen LogP contribution in [0.5, 0.6) is 0 Å². The van der Waals surface area contributed by atoms with Crippen molar-refractivity contribution < 1.29 is 4.43 Å². The van der Waals surface area contributed by atoms with Crippen LogP contribution in [0.2, 0.25) is 12.1 Å². The zero-order chi connectivity index (χ0) is 13.4. The van der Waals surface area contributed by atoms with Crippen molar-refractivity contribution in [1.29, 1.82) is 0 Å². The third-order valence-corrected chi connectivity index (χ3v) is 8.08. The van der Waals surface area contributed by atoms with Gasteiger partial charge < -0.3 is 10.2 Å². The first kappa shape index (κ1) is 15.3. The number of hydrogen-bond acceptors (Lipinski definition) is 2. The van der Waals surface area contributed by atoms with Crippen molar-refractivity contribution in [2.75, 3.05) is 12.3 Å². The molecular formula is C15H27NOSi. The van der Waals surface area contributed by atoms with Gasteiger partial charge in [0.1, 0.15) is 0 Å². The molecule has 2 nitrogen and oxygen atoms in total. The van der Waals surface area contributed by atoms with Crippen LogP contribution in [0.25, 0.3) is 0 Å². The minimum absolute atomic E-state index is 0.838. The predicted molar refractivity (Wildman–Crippen MR) is 82.7 cm³/mol. The Labute approximate surface area is 113 Å². The second-order valence-electron chi connectivity index (χ2n) is 4.96. The molecule has 0 atom stereocenters. The molecule has 3 heteroatoms. The number of anilines is 1. The molecule has 18 heavy (non-hydrogen) atoms. The minimum Gasteiger partial charge on any atom is -0.412 e. The molecule has 0 unspecified atom stereocenters. The van der Waals surface area contributed by atoms with E-state index >= 15 is 0 Å². The topological polar surface area (TPSA) is 35.2 Å². The van der Waals surface area contributed by atoms with Gasteiger partial charge in [0, 0.05) is 12.3 Å². The Morgan fingerprint density at radius 2 is 1.50 bits per heavy atom. The first-order valence-corrected chi connectivity index (χ1v) is 9.50. The smallest absolute Gasteiger partial charge is 0.224 e. The van der Waals surface area contributed by atoms with Gasteiger partial charge in [0.2, 0.25) is 8.32 Å². The summed E-state index contributed by atoms with van der Waals surface area (Å²) in [5, 5.41) is 1.41. The third kappa shape index (κ3) is 3.85. The highest BCUT2D eigenvalue weighted by Gasteiger charge is 2.35. The molecule has 1 aromatic rings. The number of nitrogens with two attached hydrogens (primary N) is 1. The van der Waals surface area contributed by atoms with Crippen LogP contribution in [0.3, 0.4) is 0 Å². The molecule has 0 saturated carbocycles. The highest BCUT2D eigenvalue weighted by atomic mass is 28.4. The molecule has 0 amide bonds. The maximum Gasteiger partial charge on any atom is 0.224 e. The quantitative estimate of drug-likeness (QED) is 0.575. The van der Waals surface area contributed by atoms with Gasteiger partial charge in [-0.1, -0.05) is 45.7 Å². The Bertz CT molecular complexity index is 331. The highest BCUT2D eigenvalue weighted by molar-refractivity contribution is 6.86. The molecule has 102 valence electrons. The van der Waals surface area contributed by atoms with Gasteiger partial charge in [0.25, 0.3) is 0 Å². The van der Waals surface area contributed by atoms with Crippen molar-refractivity contribution in [3.63, 3.8) is 0 Å². The Balaban J connectivity index is 3.01. The van der Waals surface area contributed by atoms with Gasteiger partial charge in [0.15, 0.2) is 0 Å². The van der Waals surface area contributed by atoms with Gasteiger partial charge in [-0.2, -0.15) is 0 Å². The van der Waals surface area contributed by atoms with Gasteiger partial charge >= 0.3 is 0 Å². The fraction of sp³-hybridized carbons (Fsp3) is 0.600. The van der Waals surface area contributed by atoms with E-state index in [9.17, 15) is 0 Å². The largest absolute Gasteiger partial charge is 0.412 e. The second-order valence-corrected chi connectivity index (χ2v) is 8.82. The molecule has 0 heterocycles. The number of rotatable bonds is 8. The van der Waals surface area contributed by atoms with Crippen LogP contribution >= 0.6 is 0 Å². The van der Waals surface area contributed by atoms with Gasteiger partial charge in [-0.25, -0.2) is 0 Å². The lowest BCUT2D eigenvalue weighted by Crippen LogP contribution is -2.50. The van der Waals surface area contributed by atoms with Crippen LogP contribution < -0.4 is 10.9 Å². The van der Waals surface area contributed by atoms with E-state index in [0.717, 1.165) is 18.7 Å². The molecule has 0 radical (unpaired) electrons. The average molecular weight is 265 g/mol. The molecule has 0 aromatic heterocycles. The lowest BCUT2D eigenvalue weighted by Gasteiger charge is -2.31. The first-order chi connectivity index (χ1) is 8.68. The van der Waals surface area contributed by atoms with Crippen LogP contribution in [0.15, 0.2) is 24.3 Å². The van der Waals surface area contributed by atoms with Crippen LogP contribution in [0.1, 0.15) is 40.0 Å². The molecule has 0 spiro atoms. The van der Waals surface area contributed by atoms with Gasteiger partial charge in [-0.05, 0) is 35.8 Å². The van der Waals surface area contributed by atoms with Gasteiger partial charge in [-0.3, -0.25) is 0 Å². The fourth-order valence-corrected chi connectivity index (χ4v) is 6.80. The predicted octanol–water partition coefficient (Wildman–Crippen LogP) is 3.67. The monoisotopic (exact) mass is 265 g/mol. The molecule has 0 aliphatic heterocycles. The van der Waals surface area contributed by atoms with Crippen LogP contribution in [-0.2, 0) is 4.43 Å². The zero-order valence-corrected chi connectivity index (χ0v) is 13.0. The summed E-state index contributed by atoms with van der Waals surface area (Å²) in [5.41, 5.74) is 6.63. The van der Waals surface area contributed by atoms with Crippen molar-refractivity contribution in [3.8, 4) is 0 Å². The Morgan fingerprint density at radius 3 is 1.94 bits per heavy atom. The standard InChI is InChI=1S/C15H27NOSi/c1-4-11-17-18(12-5-2,13-6-3)15-9-7-14(16)8-10-15/h7-10H,4-6,11-13,16H2,1-3H3. The van der Waals surface area contributed by atoms with Crippen LogP contribution in [0.4, 0.5) is 5.69 Å². The molecule has 1 aromatic carbocycles. The van der Waals surface area contributed by atoms with Crippen molar-refractivity contribution in [3.05, 3.63) is 24.3 Å². The summed E-state index contributed by atoms with van der Waals surface area (Å²) in [7, 11) is -1.77. The fourth-order valence-electron chi connectivity index (χ4n) is 2.53. The van der Waals surface area contributed by atoms with E-state index in [4.69, 9.17) is 10.2 Å². The summed E-state index contributed by atoms with van der Waals surface area (Å²) in [6.45, 7) is 7.57. The summed E-state index contributed by atoms with van der Waals surface area (Å²) in [6, 6.07) is 10.8. The highest BCUT2D eigenvalue weighted by Crippen LogP contribution is 2.22. The zero-order valence-electron chi connectivity index (χ0n) is 12.0. The van der Waals surface area contributed by atoms with Crippen LogP contribution in [-0.4, -0.2) is 14.9 Å². The summed E-state index contributed by atoms with van der Waals surface area (Å²) in [6.07, 6.45) is 3.48. The lowest BCUT2D eigenvalue weighted by molar-refractivity contribution is 0.305. The molecule has 0 aliphatic rings. The summed E-state index contributed by atoms with van der Waals surface area (Å²) in [5.74, 6) is 0. The molecular weight excluding hydrogens is 238 g/mol. The molecule has 0 bridgehead atoms. The number of hydrogen-bond donors (Lipinski definition) is 1. The van der Waals surface area contributed by atoms with E-state index in [2.05, 4.69) is 32.9 Å². The van der Waals surface area contributed by atoms with Crippen molar-refractivity contribution in [1.82, 2.24) is 0 Å². The van der Waals surface area contributed by atoms with E-state index in [1.165, 1.54) is 30.1 Å². The molecule has 1 rings (SSSR count).